The number of hydrogen-bond acceptors (Lipinski definition) is 1. The van der Waals surface area contributed by atoms with Gasteiger partial charge in [0.15, 0.2) is 0 Å². The monoisotopic (exact) mass is 274 g/mol. The van der Waals surface area contributed by atoms with Crippen molar-refractivity contribution in [1.82, 2.24) is 0 Å². The molecule has 1 aromatic carbocycles. The van der Waals surface area contributed by atoms with Crippen LogP contribution < -0.4 is 4.74 Å². The van der Waals surface area contributed by atoms with Crippen LogP contribution in [0.5, 0.6) is 5.75 Å². The molecule has 1 aliphatic rings. The van der Waals surface area contributed by atoms with Crippen LogP contribution >= 0.6 is 0 Å². The molecule has 0 aromatic heterocycles. The van der Waals surface area contributed by atoms with Gasteiger partial charge < -0.3 is 4.74 Å². The van der Waals surface area contributed by atoms with Crippen LogP contribution in [-0.4, -0.2) is 7.11 Å². The van der Waals surface area contributed by atoms with Gasteiger partial charge in [0.05, 0.1) is 7.11 Å². The minimum absolute atomic E-state index is 0.762. The third-order valence-corrected chi connectivity index (χ3v) is 4.32. The lowest BCUT2D eigenvalue weighted by atomic mass is 9.78. The second-order valence-corrected chi connectivity index (χ2v) is 5.57. The average molecular weight is 274 g/mol. The number of ether oxygens (including phenoxy) is 1. The lowest BCUT2D eigenvalue weighted by molar-refractivity contribution is 0.318. The van der Waals surface area contributed by atoms with E-state index >= 15 is 0 Å². The summed E-state index contributed by atoms with van der Waals surface area (Å²) in [6.07, 6.45) is 10.9. The Bertz CT molecular complexity index is 383. The molecule has 0 radical (unpaired) electrons. The third-order valence-electron chi connectivity index (χ3n) is 4.32. The van der Waals surface area contributed by atoms with Gasteiger partial charge in [-0.05, 0) is 69.1 Å². The first kappa shape index (κ1) is 16.8. The van der Waals surface area contributed by atoms with E-state index in [2.05, 4.69) is 25.1 Å². The molecule has 0 aliphatic heterocycles. The third kappa shape index (κ3) is 5.40. The summed E-state index contributed by atoms with van der Waals surface area (Å²) in [5.74, 6) is 2.73. The maximum absolute atomic E-state index is 5.29. The Labute approximate surface area is 125 Å². The van der Waals surface area contributed by atoms with Gasteiger partial charge in [-0.25, -0.2) is 0 Å². The Morgan fingerprint density at radius 1 is 1.10 bits per heavy atom. The zero-order valence-electron chi connectivity index (χ0n) is 13.6. The van der Waals surface area contributed by atoms with Crippen LogP contribution in [0.15, 0.2) is 36.4 Å². The minimum atomic E-state index is 0.762. The van der Waals surface area contributed by atoms with Gasteiger partial charge in [-0.3, -0.25) is 0 Å². The van der Waals surface area contributed by atoms with Crippen molar-refractivity contribution < 1.29 is 4.74 Å². The fourth-order valence-electron chi connectivity index (χ4n) is 2.80. The maximum atomic E-state index is 5.29. The molecule has 1 nitrogen and oxygen atoms in total. The molecule has 1 fully saturated rings. The Morgan fingerprint density at radius 3 is 2.25 bits per heavy atom. The summed E-state index contributed by atoms with van der Waals surface area (Å²) in [6, 6.07) is 8.59. The van der Waals surface area contributed by atoms with Crippen LogP contribution in [0.25, 0.3) is 0 Å². The molecule has 2 rings (SSSR count). The molecule has 0 saturated heterocycles. The van der Waals surface area contributed by atoms with Crippen LogP contribution in [0.4, 0.5) is 0 Å². The summed E-state index contributed by atoms with van der Waals surface area (Å²) < 4.78 is 5.29. The van der Waals surface area contributed by atoms with Gasteiger partial charge in [-0.1, -0.05) is 37.6 Å². The first-order valence-corrected chi connectivity index (χ1v) is 7.96. The zero-order chi connectivity index (χ0) is 14.8. The molecule has 0 heterocycles. The highest BCUT2D eigenvalue weighted by molar-refractivity contribution is 5.31. The van der Waals surface area contributed by atoms with Gasteiger partial charge >= 0.3 is 0 Å². The quantitative estimate of drug-likeness (QED) is 0.618. The van der Waals surface area contributed by atoms with Crippen molar-refractivity contribution in [2.45, 2.75) is 58.8 Å². The molecule has 20 heavy (non-hydrogen) atoms. The summed E-state index contributed by atoms with van der Waals surface area (Å²) in [6.45, 7) is 6.32. The molecule has 0 atom stereocenters. The predicted octanol–water partition coefficient (Wildman–Crippen LogP) is 5.96. The Balaban J connectivity index is 0.000000444. The van der Waals surface area contributed by atoms with Gasteiger partial charge in [-0.15, -0.1) is 0 Å². The number of methoxy groups -OCH3 is 1. The molecule has 1 aromatic rings. The molecule has 0 spiro atoms. The van der Waals surface area contributed by atoms with Crippen molar-refractivity contribution in [3.63, 3.8) is 0 Å². The first-order valence-electron chi connectivity index (χ1n) is 7.96. The number of benzene rings is 1. The van der Waals surface area contributed by atoms with Crippen molar-refractivity contribution in [1.29, 1.82) is 0 Å². The maximum Gasteiger partial charge on any atom is 0.119 e. The summed E-state index contributed by atoms with van der Waals surface area (Å²) >= 11 is 0. The van der Waals surface area contributed by atoms with E-state index in [0.29, 0.717) is 0 Å². The van der Waals surface area contributed by atoms with E-state index in [9.17, 15) is 0 Å². The zero-order valence-corrected chi connectivity index (χ0v) is 13.6. The molecular formula is C19H30O. The lowest BCUT2D eigenvalue weighted by Gasteiger charge is -2.28. The van der Waals surface area contributed by atoms with E-state index in [0.717, 1.165) is 17.6 Å². The molecular weight excluding hydrogens is 244 g/mol. The number of rotatable bonds is 3. The van der Waals surface area contributed by atoms with Crippen LogP contribution in [0.3, 0.4) is 0 Å². The van der Waals surface area contributed by atoms with E-state index in [4.69, 9.17) is 4.74 Å². The van der Waals surface area contributed by atoms with Crippen molar-refractivity contribution in [3.8, 4) is 5.75 Å². The topological polar surface area (TPSA) is 9.23 Å². The van der Waals surface area contributed by atoms with Crippen molar-refractivity contribution >= 4 is 0 Å². The van der Waals surface area contributed by atoms with Gasteiger partial charge in [0.1, 0.15) is 5.75 Å². The summed E-state index contributed by atoms with van der Waals surface area (Å²) in [4.78, 5) is 0. The molecule has 1 saturated carbocycles. The summed E-state index contributed by atoms with van der Waals surface area (Å²) in [7, 11) is 1.74. The molecule has 0 amide bonds. The number of hydrogen-bond donors (Lipinski definition) is 0. The van der Waals surface area contributed by atoms with E-state index in [1.54, 1.807) is 7.11 Å². The van der Waals surface area contributed by atoms with Gasteiger partial charge in [0.25, 0.3) is 0 Å². The van der Waals surface area contributed by atoms with Gasteiger partial charge in [0, 0.05) is 0 Å². The van der Waals surface area contributed by atoms with Gasteiger partial charge in [-0.2, -0.15) is 0 Å². The first-order chi connectivity index (χ1) is 9.74. The molecule has 112 valence electrons. The number of allylic oxidation sites excluding steroid dienone is 2. The highest BCUT2D eigenvalue weighted by atomic mass is 16.5. The summed E-state index contributed by atoms with van der Waals surface area (Å²) in [5, 5.41) is 0. The molecule has 1 heteroatoms. The molecule has 0 bridgehead atoms. The molecule has 0 N–H and O–H groups in total. The normalized spacial score (nSPS) is 22.2. The molecule has 0 unspecified atom stereocenters. The SMILES string of the molecule is C/C=C\C.CCC1CCC(c2cccc(OC)c2)CC1. The highest BCUT2D eigenvalue weighted by Gasteiger charge is 2.21. The van der Waals surface area contributed by atoms with Crippen LogP contribution in [0.2, 0.25) is 0 Å². The Hall–Kier alpha value is -1.24. The van der Waals surface area contributed by atoms with E-state index in [-0.39, 0.29) is 0 Å². The lowest BCUT2D eigenvalue weighted by Crippen LogP contribution is -2.12. The van der Waals surface area contributed by atoms with Crippen molar-refractivity contribution in [2.75, 3.05) is 7.11 Å². The van der Waals surface area contributed by atoms with E-state index in [1.807, 2.05) is 32.1 Å². The van der Waals surface area contributed by atoms with Crippen molar-refractivity contribution in [3.05, 3.63) is 42.0 Å². The smallest absolute Gasteiger partial charge is 0.119 e. The average Bonchev–Trinajstić information content (AvgIpc) is 2.55. The largest absolute Gasteiger partial charge is 0.497 e. The Morgan fingerprint density at radius 2 is 1.75 bits per heavy atom. The van der Waals surface area contributed by atoms with E-state index in [1.165, 1.54) is 37.7 Å². The van der Waals surface area contributed by atoms with E-state index < -0.39 is 0 Å². The highest BCUT2D eigenvalue weighted by Crippen LogP contribution is 2.37. The van der Waals surface area contributed by atoms with Crippen LogP contribution in [0, 0.1) is 5.92 Å². The standard InChI is InChI=1S/C15H22O.C4H8/c1-3-12-7-9-13(10-8-12)14-5-4-6-15(11-14)16-2;1-3-4-2/h4-6,11-13H,3,7-10H2,1-2H3;3-4H,1-2H3/b;4-3-. The Kier molecular flexibility index (Phi) is 8.10. The fraction of sp³-hybridized carbons (Fsp3) is 0.579. The minimum Gasteiger partial charge on any atom is -0.497 e. The predicted molar refractivity (Wildman–Crippen MR) is 88.5 cm³/mol. The second-order valence-electron chi connectivity index (χ2n) is 5.57. The second kappa shape index (κ2) is 9.63. The van der Waals surface area contributed by atoms with Gasteiger partial charge in [0.2, 0.25) is 0 Å². The van der Waals surface area contributed by atoms with Crippen LogP contribution in [-0.2, 0) is 0 Å². The fourth-order valence-corrected chi connectivity index (χ4v) is 2.80. The summed E-state index contributed by atoms with van der Waals surface area (Å²) in [5.41, 5.74) is 1.47. The molecule has 1 aliphatic carbocycles. The van der Waals surface area contributed by atoms with Crippen LogP contribution in [0.1, 0.15) is 64.4 Å². The van der Waals surface area contributed by atoms with Crippen molar-refractivity contribution in [2.24, 2.45) is 5.92 Å².